The Morgan fingerprint density at radius 1 is 1.34 bits per heavy atom. The van der Waals surface area contributed by atoms with Gasteiger partial charge in [-0.15, -0.1) is 0 Å². The number of benzene rings is 1. The number of thioether (sulfide) groups is 1. The van der Waals surface area contributed by atoms with Crippen LogP contribution >= 0.6 is 35.6 Å². The van der Waals surface area contributed by atoms with Crippen LogP contribution in [0.4, 0.5) is 0 Å². The maximum atomic E-state index is 12.9. The Hall–Kier alpha value is -1.50. The van der Waals surface area contributed by atoms with Gasteiger partial charge in [0, 0.05) is 6.54 Å². The topological polar surface area (TPSA) is 38.8 Å². The summed E-state index contributed by atoms with van der Waals surface area (Å²) in [6.07, 6.45) is 11.0. The molecule has 0 unspecified atom stereocenters. The van der Waals surface area contributed by atoms with Gasteiger partial charge < -0.3 is 9.47 Å². The van der Waals surface area contributed by atoms with E-state index in [-0.39, 0.29) is 5.91 Å². The smallest absolute Gasteiger partial charge is 0.266 e. The van der Waals surface area contributed by atoms with Gasteiger partial charge in [0.15, 0.2) is 11.5 Å². The maximum Gasteiger partial charge on any atom is 0.266 e. The first-order chi connectivity index (χ1) is 14.0. The molecule has 0 spiro atoms. The predicted molar refractivity (Wildman–Crippen MR) is 125 cm³/mol. The van der Waals surface area contributed by atoms with Crippen molar-refractivity contribution in [3.05, 3.63) is 40.3 Å². The molecular weight excluding hydrogens is 426 g/mol. The number of hydrogen-bond donors (Lipinski definition) is 0. The maximum absolute atomic E-state index is 12.9. The average molecular weight is 452 g/mol. The van der Waals surface area contributed by atoms with Gasteiger partial charge in [0.1, 0.15) is 10.9 Å². The number of methoxy groups -OCH3 is 1. The summed E-state index contributed by atoms with van der Waals surface area (Å²) in [5.74, 6) is 1.66. The van der Waals surface area contributed by atoms with E-state index >= 15 is 0 Å². The van der Waals surface area contributed by atoms with Crippen LogP contribution in [0.5, 0.6) is 11.5 Å². The van der Waals surface area contributed by atoms with E-state index in [1.54, 1.807) is 30.2 Å². The first-order valence-corrected chi connectivity index (χ1v) is 11.5. The van der Waals surface area contributed by atoms with Gasteiger partial charge in [0.05, 0.1) is 17.0 Å². The van der Waals surface area contributed by atoms with E-state index in [1.807, 2.05) is 6.08 Å². The molecule has 1 aromatic rings. The molecule has 0 aromatic heterocycles. The molecule has 156 valence electrons. The minimum absolute atomic E-state index is 0.0297. The summed E-state index contributed by atoms with van der Waals surface area (Å²) in [5.41, 5.74) is 0.769. The van der Waals surface area contributed by atoms with Gasteiger partial charge in [-0.3, -0.25) is 9.69 Å². The summed E-state index contributed by atoms with van der Waals surface area (Å²) in [7, 11) is 1.56. The summed E-state index contributed by atoms with van der Waals surface area (Å²) < 4.78 is 11.6. The Kier molecular flexibility index (Phi) is 8.04. The van der Waals surface area contributed by atoms with E-state index in [9.17, 15) is 4.79 Å². The van der Waals surface area contributed by atoms with E-state index in [1.165, 1.54) is 43.9 Å². The van der Waals surface area contributed by atoms with Gasteiger partial charge in [-0.1, -0.05) is 80.3 Å². The molecule has 7 heteroatoms. The number of carbonyl (C=O) groups is 1. The zero-order chi connectivity index (χ0) is 20.8. The lowest BCUT2D eigenvalue weighted by Gasteiger charge is -2.23. The molecule has 1 saturated carbocycles. The van der Waals surface area contributed by atoms with Gasteiger partial charge in [0.25, 0.3) is 5.91 Å². The number of nitrogens with zero attached hydrogens (tertiary/aromatic N) is 1. The van der Waals surface area contributed by atoms with Gasteiger partial charge in [-0.2, -0.15) is 0 Å². The largest absolute Gasteiger partial charge is 0.493 e. The van der Waals surface area contributed by atoms with Crippen molar-refractivity contribution < 1.29 is 14.3 Å². The van der Waals surface area contributed by atoms with Gasteiger partial charge >= 0.3 is 0 Å². The highest BCUT2D eigenvalue weighted by Gasteiger charge is 2.32. The van der Waals surface area contributed by atoms with E-state index in [0.29, 0.717) is 44.8 Å². The molecule has 0 N–H and O–H groups in total. The van der Waals surface area contributed by atoms with Crippen molar-refractivity contribution in [2.75, 3.05) is 20.3 Å². The van der Waals surface area contributed by atoms with Crippen LogP contribution in [0.3, 0.4) is 0 Å². The highest BCUT2D eigenvalue weighted by molar-refractivity contribution is 8.26. The molecule has 0 bridgehead atoms. The van der Waals surface area contributed by atoms with Crippen LogP contribution in [0.1, 0.15) is 44.1 Å². The average Bonchev–Trinajstić information content (AvgIpc) is 2.98. The van der Waals surface area contributed by atoms with Crippen LogP contribution in [0.25, 0.3) is 6.08 Å². The van der Waals surface area contributed by atoms with Gasteiger partial charge in [-0.25, -0.2) is 0 Å². The first-order valence-electron chi connectivity index (χ1n) is 9.90. The van der Waals surface area contributed by atoms with Gasteiger partial charge in [0.2, 0.25) is 0 Å². The fraction of sp³-hybridized carbons (Fsp3) is 0.455. The molecule has 3 rings (SSSR count). The summed E-state index contributed by atoms with van der Waals surface area (Å²) >= 11 is 13.2. The zero-order valence-corrected chi connectivity index (χ0v) is 19.0. The minimum Gasteiger partial charge on any atom is -0.493 e. The van der Waals surface area contributed by atoms with Crippen molar-refractivity contribution in [1.29, 1.82) is 0 Å². The standard InChI is InChI=1S/C22H26ClNO3S2/c1-3-11-27-20-17(23)12-16(13-18(20)26-2)14-19-21(25)24(22(28)29-19)10-9-15-7-5-4-6-8-15/h3,12-15H,1,4-11H2,2H3. The summed E-state index contributed by atoms with van der Waals surface area (Å²) in [4.78, 5) is 15.2. The summed E-state index contributed by atoms with van der Waals surface area (Å²) in [6, 6.07) is 3.57. The highest BCUT2D eigenvalue weighted by atomic mass is 35.5. The molecule has 4 nitrogen and oxygen atoms in total. The fourth-order valence-corrected chi connectivity index (χ4v) is 5.32. The molecule has 0 radical (unpaired) electrons. The normalized spacial score (nSPS) is 19.1. The van der Waals surface area contributed by atoms with Gasteiger partial charge in [-0.05, 0) is 36.1 Å². The molecule has 2 fully saturated rings. The fourth-order valence-electron chi connectivity index (χ4n) is 3.74. The van der Waals surface area contributed by atoms with Crippen LogP contribution in [0.15, 0.2) is 29.7 Å². The Balaban J connectivity index is 1.72. The highest BCUT2D eigenvalue weighted by Crippen LogP contribution is 2.39. The van der Waals surface area contributed by atoms with Crippen LogP contribution in [0, 0.1) is 5.92 Å². The van der Waals surface area contributed by atoms with Crippen molar-refractivity contribution in [2.24, 2.45) is 5.92 Å². The molecule has 1 aromatic carbocycles. The molecular formula is C22H26ClNO3S2. The Bertz CT molecular complexity index is 819. The van der Waals surface area contributed by atoms with Crippen LogP contribution in [-0.4, -0.2) is 35.4 Å². The molecule has 0 atom stereocenters. The van der Waals surface area contributed by atoms with E-state index in [2.05, 4.69) is 6.58 Å². The first kappa shape index (κ1) is 22.2. The number of ether oxygens (including phenoxy) is 2. The second-order valence-electron chi connectivity index (χ2n) is 7.26. The van der Waals surface area contributed by atoms with Crippen LogP contribution in [0.2, 0.25) is 5.02 Å². The molecule has 2 aliphatic rings. The molecule has 1 aliphatic carbocycles. The van der Waals surface area contributed by atoms with Crippen molar-refractivity contribution in [2.45, 2.75) is 38.5 Å². The van der Waals surface area contributed by atoms with Crippen LogP contribution < -0.4 is 9.47 Å². The van der Waals surface area contributed by atoms with E-state index < -0.39 is 0 Å². The van der Waals surface area contributed by atoms with Crippen LogP contribution in [-0.2, 0) is 4.79 Å². The lowest BCUT2D eigenvalue weighted by Crippen LogP contribution is -2.30. The third-order valence-corrected chi connectivity index (χ3v) is 6.91. The lowest BCUT2D eigenvalue weighted by atomic mass is 9.87. The summed E-state index contributed by atoms with van der Waals surface area (Å²) in [5, 5.41) is 0.422. The van der Waals surface area contributed by atoms with Crippen molar-refractivity contribution in [1.82, 2.24) is 4.90 Å². The quantitative estimate of drug-likeness (QED) is 0.272. The minimum atomic E-state index is -0.0297. The summed E-state index contributed by atoms with van der Waals surface area (Å²) in [6.45, 7) is 4.67. The number of hydrogen-bond acceptors (Lipinski definition) is 5. The van der Waals surface area contributed by atoms with Crippen molar-refractivity contribution >= 4 is 51.9 Å². The Morgan fingerprint density at radius 3 is 2.79 bits per heavy atom. The van der Waals surface area contributed by atoms with Crippen molar-refractivity contribution in [3.8, 4) is 11.5 Å². The number of carbonyl (C=O) groups excluding carboxylic acids is 1. The monoisotopic (exact) mass is 451 g/mol. The Morgan fingerprint density at radius 2 is 2.10 bits per heavy atom. The molecule has 1 aliphatic heterocycles. The SMILES string of the molecule is C=CCOc1c(Cl)cc(C=C2SC(=S)N(CCC3CCCCC3)C2=O)cc1OC. The molecule has 1 amide bonds. The predicted octanol–water partition coefficient (Wildman–Crippen LogP) is 6.09. The second kappa shape index (κ2) is 10.5. The van der Waals surface area contributed by atoms with E-state index in [0.717, 1.165) is 12.0 Å². The Labute approximate surface area is 187 Å². The molecule has 1 heterocycles. The third kappa shape index (κ3) is 5.56. The lowest BCUT2D eigenvalue weighted by molar-refractivity contribution is -0.122. The number of rotatable bonds is 8. The second-order valence-corrected chi connectivity index (χ2v) is 9.34. The number of thiocarbonyl (C=S) groups is 1. The van der Waals surface area contributed by atoms with Crippen molar-refractivity contribution in [3.63, 3.8) is 0 Å². The molecule has 1 saturated heterocycles. The zero-order valence-electron chi connectivity index (χ0n) is 16.6. The number of amides is 1. The van der Waals surface area contributed by atoms with E-state index in [4.69, 9.17) is 33.3 Å². The third-order valence-electron chi connectivity index (χ3n) is 5.25. The number of halogens is 1. The molecule has 29 heavy (non-hydrogen) atoms.